The summed E-state index contributed by atoms with van der Waals surface area (Å²) < 4.78 is 4.44. The highest BCUT2D eigenvalue weighted by Gasteiger charge is 2.26. The summed E-state index contributed by atoms with van der Waals surface area (Å²) in [6.07, 6.45) is 3.05. The van der Waals surface area contributed by atoms with E-state index in [2.05, 4.69) is 11.7 Å². The molecule has 1 unspecified atom stereocenters. The first-order chi connectivity index (χ1) is 8.56. The molecule has 3 nitrogen and oxygen atoms in total. The van der Waals surface area contributed by atoms with E-state index in [0.717, 1.165) is 24.8 Å². The molecule has 0 spiro atoms. The maximum absolute atomic E-state index is 11.8. The second-order valence-electron chi connectivity index (χ2n) is 4.60. The van der Waals surface area contributed by atoms with E-state index in [1.54, 1.807) is 6.07 Å². The molecule has 0 saturated carbocycles. The van der Waals surface area contributed by atoms with E-state index in [4.69, 9.17) is 11.6 Å². The zero-order valence-corrected chi connectivity index (χ0v) is 11.2. The Hall–Kier alpha value is -1.35. The molecular weight excluding hydrogens is 252 g/mol. The second-order valence-corrected chi connectivity index (χ2v) is 5.01. The fourth-order valence-electron chi connectivity index (χ4n) is 2.40. The van der Waals surface area contributed by atoms with Crippen LogP contribution in [0.5, 0.6) is 0 Å². The van der Waals surface area contributed by atoms with Gasteiger partial charge in [0.1, 0.15) is 0 Å². The highest BCUT2D eigenvalue weighted by atomic mass is 35.5. The normalized spacial score (nSPS) is 17.4. The predicted octanol–water partition coefficient (Wildman–Crippen LogP) is 2.82. The van der Waals surface area contributed by atoms with E-state index in [1.807, 2.05) is 6.07 Å². The number of Topliss-reactive ketones (excluding diaryl/α,β-unsaturated/α-hetero) is 1. The first-order valence-electron chi connectivity index (χ1n) is 6.00. The molecule has 18 heavy (non-hydrogen) atoms. The Morgan fingerprint density at radius 2 is 1.94 bits per heavy atom. The molecule has 0 N–H and O–H groups in total. The average Bonchev–Trinajstić information content (AvgIpc) is 2.77. The first kappa shape index (κ1) is 13.1. The van der Waals surface area contributed by atoms with Crippen molar-refractivity contribution in [3.05, 3.63) is 33.8 Å². The van der Waals surface area contributed by atoms with E-state index in [0.29, 0.717) is 10.9 Å². The molecule has 1 aliphatic rings. The van der Waals surface area contributed by atoms with Crippen LogP contribution in [0.25, 0.3) is 0 Å². The van der Waals surface area contributed by atoms with Crippen LogP contribution in [0.2, 0.25) is 5.02 Å². The SMILES string of the molecule is CCC1Cc2cc(Cl)c(C(=O)C(=O)OC)cc2C1. The van der Waals surface area contributed by atoms with Gasteiger partial charge in [-0.25, -0.2) is 4.79 Å². The standard InChI is InChI=1S/C14H15ClO3/c1-3-8-4-9-6-11(13(16)14(17)18-2)12(15)7-10(9)5-8/h6-8H,3-5H2,1-2H3. The lowest BCUT2D eigenvalue weighted by Gasteiger charge is -2.05. The molecule has 1 aromatic carbocycles. The van der Waals surface area contributed by atoms with Crippen LogP contribution >= 0.6 is 11.6 Å². The quantitative estimate of drug-likeness (QED) is 0.480. The number of esters is 1. The van der Waals surface area contributed by atoms with E-state index in [-0.39, 0.29) is 5.56 Å². The van der Waals surface area contributed by atoms with Crippen LogP contribution in [0, 0.1) is 5.92 Å². The minimum absolute atomic E-state index is 0.249. The van der Waals surface area contributed by atoms with Gasteiger partial charge < -0.3 is 4.74 Å². The van der Waals surface area contributed by atoms with E-state index < -0.39 is 11.8 Å². The number of hydrogen-bond donors (Lipinski definition) is 0. The van der Waals surface area contributed by atoms with Gasteiger partial charge in [0.25, 0.3) is 5.78 Å². The summed E-state index contributed by atoms with van der Waals surface area (Å²) in [7, 11) is 1.19. The van der Waals surface area contributed by atoms with Crippen LogP contribution in [-0.4, -0.2) is 18.9 Å². The molecule has 4 heteroatoms. The van der Waals surface area contributed by atoms with Crippen LogP contribution in [0.15, 0.2) is 12.1 Å². The maximum Gasteiger partial charge on any atom is 0.379 e. The van der Waals surface area contributed by atoms with Crippen LogP contribution < -0.4 is 0 Å². The highest BCUT2D eigenvalue weighted by molar-refractivity contribution is 6.45. The van der Waals surface area contributed by atoms with Gasteiger partial charge in [0.2, 0.25) is 0 Å². The van der Waals surface area contributed by atoms with Crippen molar-refractivity contribution in [3.63, 3.8) is 0 Å². The van der Waals surface area contributed by atoms with E-state index in [1.165, 1.54) is 12.7 Å². The average molecular weight is 267 g/mol. The summed E-state index contributed by atoms with van der Waals surface area (Å²) in [6.45, 7) is 2.15. The van der Waals surface area contributed by atoms with Gasteiger partial charge in [0.15, 0.2) is 0 Å². The Kier molecular flexibility index (Phi) is 3.71. The van der Waals surface area contributed by atoms with Gasteiger partial charge in [-0.2, -0.15) is 0 Å². The molecule has 1 aromatic rings. The topological polar surface area (TPSA) is 43.4 Å². The third-order valence-corrected chi connectivity index (χ3v) is 3.81. The molecule has 0 radical (unpaired) electrons. The number of methoxy groups -OCH3 is 1. The van der Waals surface area contributed by atoms with Crippen molar-refractivity contribution in [1.82, 2.24) is 0 Å². The van der Waals surface area contributed by atoms with Gasteiger partial charge in [0, 0.05) is 5.56 Å². The zero-order valence-electron chi connectivity index (χ0n) is 10.5. The third kappa shape index (κ3) is 2.27. The highest BCUT2D eigenvalue weighted by Crippen LogP contribution is 2.33. The van der Waals surface area contributed by atoms with Gasteiger partial charge in [-0.1, -0.05) is 24.9 Å². The number of carbonyl (C=O) groups excluding carboxylic acids is 2. The molecule has 0 bridgehead atoms. The van der Waals surface area contributed by atoms with Crippen molar-refractivity contribution < 1.29 is 14.3 Å². The molecule has 0 amide bonds. The Morgan fingerprint density at radius 1 is 1.33 bits per heavy atom. The molecular formula is C14H15ClO3. The van der Waals surface area contributed by atoms with E-state index >= 15 is 0 Å². The van der Waals surface area contributed by atoms with Crippen molar-refractivity contribution in [2.75, 3.05) is 7.11 Å². The number of ketones is 1. The van der Waals surface area contributed by atoms with Gasteiger partial charge in [0.05, 0.1) is 12.1 Å². The minimum Gasteiger partial charge on any atom is -0.463 e. The lowest BCUT2D eigenvalue weighted by molar-refractivity contribution is -0.135. The predicted molar refractivity (Wildman–Crippen MR) is 69.0 cm³/mol. The molecule has 0 heterocycles. The lowest BCUT2D eigenvalue weighted by Crippen LogP contribution is -2.16. The molecule has 0 fully saturated rings. The molecule has 1 aliphatic carbocycles. The lowest BCUT2D eigenvalue weighted by atomic mass is 10.0. The fourth-order valence-corrected chi connectivity index (χ4v) is 2.67. The molecule has 0 saturated heterocycles. The smallest absolute Gasteiger partial charge is 0.379 e. The number of halogens is 1. The van der Waals surface area contributed by atoms with E-state index in [9.17, 15) is 9.59 Å². The number of rotatable bonds is 3. The molecule has 0 aromatic heterocycles. The third-order valence-electron chi connectivity index (χ3n) is 3.50. The Morgan fingerprint density at radius 3 is 2.50 bits per heavy atom. The van der Waals surface area contributed by atoms with Crippen molar-refractivity contribution in [2.45, 2.75) is 26.2 Å². The van der Waals surface area contributed by atoms with Crippen LogP contribution in [-0.2, 0) is 22.4 Å². The fraction of sp³-hybridized carbons (Fsp3) is 0.429. The Balaban J connectivity index is 2.36. The van der Waals surface area contributed by atoms with Crippen LogP contribution in [0.3, 0.4) is 0 Å². The summed E-state index contributed by atoms with van der Waals surface area (Å²) in [5.41, 5.74) is 2.56. The summed E-state index contributed by atoms with van der Waals surface area (Å²) in [5.74, 6) is -0.938. The summed E-state index contributed by atoms with van der Waals surface area (Å²) >= 11 is 6.07. The van der Waals surface area contributed by atoms with Gasteiger partial charge in [-0.3, -0.25) is 4.79 Å². The summed E-state index contributed by atoms with van der Waals surface area (Å²) in [5, 5.41) is 0.334. The number of carbonyl (C=O) groups is 2. The van der Waals surface area contributed by atoms with Crippen molar-refractivity contribution in [1.29, 1.82) is 0 Å². The minimum atomic E-state index is -0.873. The zero-order chi connectivity index (χ0) is 13.3. The molecule has 0 aliphatic heterocycles. The Bertz CT molecular complexity index is 508. The van der Waals surface area contributed by atoms with Crippen molar-refractivity contribution in [2.24, 2.45) is 5.92 Å². The second kappa shape index (κ2) is 5.11. The van der Waals surface area contributed by atoms with Crippen LogP contribution in [0.1, 0.15) is 34.8 Å². The van der Waals surface area contributed by atoms with Crippen LogP contribution in [0.4, 0.5) is 0 Å². The molecule has 2 rings (SSSR count). The number of hydrogen-bond acceptors (Lipinski definition) is 3. The summed E-state index contributed by atoms with van der Waals surface area (Å²) in [6, 6.07) is 3.55. The largest absolute Gasteiger partial charge is 0.463 e. The first-order valence-corrected chi connectivity index (χ1v) is 6.38. The molecule has 1 atom stereocenters. The van der Waals surface area contributed by atoms with Gasteiger partial charge in [-0.15, -0.1) is 0 Å². The number of ether oxygens (including phenoxy) is 1. The van der Waals surface area contributed by atoms with Crippen molar-refractivity contribution >= 4 is 23.4 Å². The number of benzene rings is 1. The maximum atomic E-state index is 11.8. The van der Waals surface area contributed by atoms with Gasteiger partial charge >= 0.3 is 5.97 Å². The number of fused-ring (bicyclic) bond motifs is 1. The van der Waals surface area contributed by atoms with Gasteiger partial charge in [-0.05, 0) is 42.0 Å². The monoisotopic (exact) mass is 266 g/mol. The Labute approximate surface area is 111 Å². The summed E-state index contributed by atoms with van der Waals surface area (Å²) in [4.78, 5) is 23.0. The molecule has 96 valence electrons. The van der Waals surface area contributed by atoms with Crippen molar-refractivity contribution in [3.8, 4) is 0 Å².